The van der Waals surface area contributed by atoms with Crippen LogP contribution in [-0.4, -0.2) is 33.5 Å². The largest absolute Gasteiger partial charge is 0.382 e. The summed E-state index contributed by atoms with van der Waals surface area (Å²) in [4.78, 5) is 0. The van der Waals surface area contributed by atoms with Crippen LogP contribution >= 0.6 is 0 Å². The number of ether oxygens (including phenoxy) is 2. The number of hydrogen-bond donors (Lipinski definition) is 1. The predicted octanol–water partition coefficient (Wildman–Crippen LogP) is 2.95. The summed E-state index contributed by atoms with van der Waals surface area (Å²) in [5.41, 5.74) is 2.75. The Kier molecular flexibility index (Phi) is 8.47. The van der Waals surface area contributed by atoms with Crippen molar-refractivity contribution in [1.29, 1.82) is 0 Å². The number of rotatable bonds is 10. The Labute approximate surface area is 117 Å². The summed E-state index contributed by atoms with van der Waals surface area (Å²) in [5, 5.41) is 3.46. The highest BCUT2D eigenvalue weighted by molar-refractivity contribution is 5.24. The summed E-state index contributed by atoms with van der Waals surface area (Å²) in [6.07, 6.45) is 2.36. The molecule has 0 saturated carbocycles. The molecule has 0 aliphatic rings. The van der Waals surface area contributed by atoms with E-state index < -0.39 is 0 Å². The van der Waals surface area contributed by atoms with Crippen LogP contribution in [0.15, 0.2) is 24.3 Å². The second kappa shape index (κ2) is 9.96. The van der Waals surface area contributed by atoms with E-state index >= 15 is 0 Å². The maximum Gasteiger partial charge on any atom is 0.0700 e. The molecular formula is C16H27NO2. The van der Waals surface area contributed by atoms with Crippen molar-refractivity contribution in [3.8, 4) is 0 Å². The number of nitrogens with one attached hydrogen (secondary N) is 1. The number of aryl methyl sites for hydroxylation is 1. The molecule has 0 amide bonds. The van der Waals surface area contributed by atoms with Gasteiger partial charge in [0.1, 0.15) is 0 Å². The van der Waals surface area contributed by atoms with Gasteiger partial charge < -0.3 is 14.8 Å². The van der Waals surface area contributed by atoms with E-state index in [0.29, 0.717) is 19.3 Å². The lowest BCUT2D eigenvalue weighted by molar-refractivity contribution is 0.0712. The molecule has 1 unspecified atom stereocenters. The summed E-state index contributed by atoms with van der Waals surface area (Å²) in [7, 11) is 1.69. The van der Waals surface area contributed by atoms with Crippen molar-refractivity contribution in [3.63, 3.8) is 0 Å². The number of hydrogen-bond acceptors (Lipinski definition) is 3. The minimum atomic E-state index is 0.363. The lowest BCUT2D eigenvalue weighted by atomic mass is 10.0. The van der Waals surface area contributed by atoms with Gasteiger partial charge >= 0.3 is 0 Å². The van der Waals surface area contributed by atoms with Crippen LogP contribution in [0, 0.1) is 0 Å². The van der Waals surface area contributed by atoms with Gasteiger partial charge in [0, 0.05) is 19.7 Å². The molecule has 3 nitrogen and oxygen atoms in total. The summed E-state index contributed by atoms with van der Waals surface area (Å²) in [6, 6.07) is 9.25. The molecule has 19 heavy (non-hydrogen) atoms. The van der Waals surface area contributed by atoms with Crippen LogP contribution in [0.1, 0.15) is 37.4 Å². The third-order valence-electron chi connectivity index (χ3n) is 3.15. The highest BCUT2D eigenvalue weighted by Crippen LogP contribution is 2.13. The van der Waals surface area contributed by atoms with Crippen LogP contribution in [0.25, 0.3) is 0 Å². The van der Waals surface area contributed by atoms with Crippen LogP contribution in [0.3, 0.4) is 0 Å². The smallest absolute Gasteiger partial charge is 0.0700 e. The molecule has 0 bridgehead atoms. The van der Waals surface area contributed by atoms with Gasteiger partial charge in [0.05, 0.1) is 19.8 Å². The Morgan fingerprint density at radius 1 is 1.11 bits per heavy atom. The molecule has 0 aromatic heterocycles. The molecule has 0 saturated heterocycles. The highest BCUT2D eigenvalue weighted by atomic mass is 16.5. The zero-order chi connectivity index (χ0) is 13.9. The zero-order valence-electron chi connectivity index (χ0n) is 12.4. The highest BCUT2D eigenvalue weighted by Gasteiger charge is 2.04. The Hall–Kier alpha value is -0.900. The van der Waals surface area contributed by atoms with E-state index in [2.05, 4.69) is 43.4 Å². The van der Waals surface area contributed by atoms with Crippen molar-refractivity contribution in [3.05, 3.63) is 35.4 Å². The third-order valence-corrected chi connectivity index (χ3v) is 3.15. The topological polar surface area (TPSA) is 30.5 Å². The second-order valence-electron chi connectivity index (χ2n) is 4.77. The molecule has 0 spiro atoms. The van der Waals surface area contributed by atoms with Gasteiger partial charge in [-0.05, 0) is 24.5 Å². The van der Waals surface area contributed by atoms with Crippen LogP contribution in [-0.2, 0) is 15.9 Å². The molecule has 1 aromatic carbocycles. The first kappa shape index (κ1) is 16.2. The molecule has 0 heterocycles. The quantitative estimate of drug-likeness (QED) is 0.660. The van der Waals surface area contributed by atoms with Gasteiger partial charge in [0.25, 0.3) is 0 Å². The Morgan fingerprint density at radius 2 is 1.84 bits per heavy atom. The van der Waals surface area contributed by atoms with Crippen LogP contribution < -0.4 is 5.32 Å². The molecule has 1 atom stereocenters. The second-order valence-corrected chi connectivity index (χ2v) is 4.77. The molecule has 1 rings (SSSR count). The van der Waals surface area contributed by atoms with Gasteiger partial charge in [-0.1, -0.05) is 37.6 Å². The summed E-state index contributed by atoms with van der Waals surface area (Å²) >= 11 is 0. The van der Waals surface area contributed by atoms with Gasteiger partial charge in [0.2, 0.25) is 0 Å². The molecule has 0 aliphatic carbocycles. The van der Waals surface area contributed by atoms with Crippen LogP contribution in [0.2, 0.25) is 0 Å². The zero-order valence-corrected chi connectivity index (χ0v) is 12.4. The molecule has 0 aliphatic heterocycles. The normalized spacial score (nSPS) is 12.6. The molecule has 108 valence electrons. The maximum absolute atomic E-state index is 5.42. The SMILES string of the molecule is CCCc1ccc(C(C)NCCOCCOC)cc1. The average molecular weight is 265 g/mol. The van der Waals surface area contributed by atoms with E-state index in [0.717, 1.165) is 19.6 Å². The first-order valence-electron chi connectivity index (χ1n) is 7.16. The Balaban J connectivity index is 2.23. The average Bonchev–Trinajstić information content (AvgIpc) is 2.43. The third kappa shape index (κ3) is 6.71. The molecule has 1 aromatic rings. The summed E-state index contributed by atoms with van der Waals surface area (Å²) in [6.45, 7) is 7.31. The molecule has 0 fully saturated rings. The minimum absolute atomic E-state index is 0.363. The van der Waals surface area contributed by atoms with Crippen LogP contribution in [0.5, 0.6) is 0 Å². The predicted molar refractivity (Wildman–Crippen MR) is 79.5 cm³/mol. The van der Waals surface area contributed by atoms with Crippen LogP contribution in [0.4, 0.5) is 0 Å². The maximum atomic E-state index is 5.42. The monoisotopic (exact) mass is 265 g/mol. The van der Waals surface area contributed by atoms with Crippen molar-refractivity contribution in [2.75, 3.05) is 33.5 Å². The fraction of sp³-hybridized carbons (Fsp3) is 0.625. The Bertz CT molecular complexity index is 324. The fourth-order valence-electron chi connectivity index (χ4n) is 1.97. The molecule has 3 heteroatoms. The lowest BCUT2D eigenvalue weighted by Crippen LogP contribution is -2.23. The standard InChI is InChI=1S/C16H27NO2/c1-4-5-15-6-8-16(9-7-15)14(2)17-10-11-19-13-12-18-3/h6-9,14,17H,4-5,10-13H2,1-3H3. The number of benzene rings is 1. The van der Waals surface area contributed by atoms with Crippen molar-refractivity contribution in [1.82, 2.24) is 5.32 Å². The lowest BCUT2D eigenvalue weighted by Gasteiger charge is -2.15. The summed E-state index contributed by atoms with van der Waals surface area (Å²) < 4.78 is 10.3. The van der Waals surface area contributed by atoms with Gasteiger partial charge in [-0.3, -0.25) is 0 Å². The number of methoxy groups -OCH3 is 1. The van der Waals surface area contributed by atoms with E-state index in [1.165, 1.54) is 17.5 Å². The molecular weight excluding hydrogens is 238 g/mol. The fourth-order valence-corrected chi connectivity index (χ4v) is 1.97. The van der Waals surface area contributed by atoms with Crippen molar-refractivity contribution < 1.29 is 9.47 Å². The van der Waals surface area contributed by atoms with Gasteiger partial charge in [-0.15, -0.1) is 0 Å². The van der Waals surface area contributed by atoms with Crippen molar-refractivity contribution in [2.24, 2.45) is 0 Å². The van der Waals surface area contributed by atoms with Crippen molar-refractivity contribution >= 4 is 0 Å². The minimum Gasteiger partial charge on any atom is -0.382 e. The van der Waals surface area contributed by atoms with E-state index in [1.807, 2.05) is 0 Å². The summed E-state index contributed by atoms with van der Waals surface area (Å²) in [5.74, 6) is 0. The van der Waals surface area contributed by atoms with Gasteiger partial charge in [-0.2, -0.15) is 0 Å². The Morgan fingerprint density at radius 3 is 2.47 bits per heavy atom. The van der Waals surface area contributed by atoms with E-state index in [9.17, 15) is 0 Å². The molecule has 1 N–H and O–H groups in total. The van der Waals surface area contributed by atoms with E-state index in [4.69, 9.17) is 9.47 Å². The first-order chi connectivity index (χ1) is 9.27. The first-order valence-corrected chi connectivity index (χ1v) is 7.16. The van der Waals surface area contributed by atoms with Gasteiger partial charge in [0.15, 0.2) is 0 Å². The molecule has 0 radical (unpaired) electrons. The van der Waals surface area contributed by atoms with Crippen molar-refractivity contribution in [2.45, 2.75) is 32.7 Å². The van der Waals surface area contributed by atoms with Gasteiger partial charge in [-0.25, -0.2) is 0 Å². The van der Waals surface area contributed by atoms with E-state index in [-0.39, 0.29) is 0 Å². The van der Waals surface area contributed by atoms with E-state index in [1.54, 1.807) is 7.11 Å².